The van der Waals surface area contributed by atoms with Gasteiger partial charge < -0.3 is 4.74 Å². The molecule has 0 aliphatic heterocycles. The van der Waals surface area contributed by atoms with Crippen LogP contribution in [0.3, 0.4) is 0 Å². The van der Waals surface area contributed by atoms with Gasteiger partial charge in [0.25, 0.3) is 0 Å². The van der Waals surface area contributed by atoms with E-state index in [-0.39, 0.29) is 5.78 Å². The summed E-state index contributed by atoms with van der Waals surface area (Å²) in [5.41, 5.74) is 1.50. The Morgan fingerprint density at radius 1 is 1.47 bits per heavy atom. The molecule has 5 heteroatoms. The maximum atomic E-state index is 11.9. The van der Waals surface area contributed by atoms with Gasteiger partial charge in [0.05, 0.1) is 23.3 Å². The van der Waals surface area contributed by atoms with E-state index in [1.54, 1.807) is 37.3 Å². The zero-order valence-corrected chi connectivity index (χ0v) is 12.2. The quantitative estimate of drug-likeness (QED) is 0.642. The fraction of sp³-hybridized carbons (Fsp3) is 0.143. The van der Waals surface area contributed by atoms with Gasteiger partial charge >= 0.3 is 0 Å². The molecule has 0 unspecified atom stereocenters. The summed E-state index contributed by atoms with van der Waals surface area (Å²) < 4.78 is 7.60. The molecule has 0 radical (unpaired) electrons. The first kappa shape index (κ1) is 13.5. The topological polar surface area (TPSA) is 44.1 Å². The highest BCUT2D eigenvalue weighted by Crippen LogP contribution is 2.26. The molecule has 0 atom stereocenters. The Morgan fingerprint density at radius 3 is 2.84 bits per heavy atom. The van der Waals surface area contributed by atoms with Crippen molar-refractivity contribution in [1.29, 1.82) is 0 Å². The first-order valence-corrected chi connectivity index (χ1v) is 6.44. The van der Waals surface area contributed by atoms with Crippen LogP contribution in [0.4, 0.5) is 0 Å². The zero-order chi connectivity index (χ0) is 13.8. The van der Waals surface area contributed by atoms with E-state index in [1.165, 1.54) is 6.08 Å². The Hall–Kier alpha value is -1.88. The molecule has 19 heavy (non-hydrogen) atoms. The predicted octanol–water partition coefficient (Wildman–Crippen LogP) is 3.09. The summed E-state index contributed by atoms with van der Waals surface area (Å²) in [7, 11) is 3.39. The lowest BCUT2D eigenvalue weighted by Crippen LogP contribution is -1.92. The molecule has 4 nitrogen and oxygen atoms in total. The Bertz CT molecular complexity index is 632. The number of carbonyl (C=O) groups is 1. The monoisotopic (exact) mass is 320 g/mol. The van der Waals surface area contributed by atoms with Gasteiger partial charge in [0.2, 0.25) is 0 Å². The molecule has 0 spiro atoms. The average molecular weight is 321 g/mol. The lowest BCUT2D eigenvalue weighted by atomic mass is 10.1. The molecule has 0 amide bonds. The van der Waals surface area contributed by atoms with Crippen molar-refractivity contribution in [3.8, 4) is 5.75 Å². The van der Waals surface area contributed by atoms with Gasteiger partial charge in [0, 0.05) is 13.2 Å². The van der Waals surface area contributed by atoms with Crippen molar-refractivity contribution in [3.05, 3.63) is 52.3 Å². The largest absolute Gasteiger partial charge is 0.496 e. The Kier molecular flexibility index (Phi) is 4.16. The number of rotatable bonds is 4. The first-order chi connectivity index (χ1) is 9.10. The number of ketones is 1. The second-order valence-corrected chi connectivity index (χ2v) is 4.85. The number of methoxy groups -OCH3 is 1. The molecule has 1 aromatic carbocycles. The summed E-state index contributed by atoms with van der Waals surface area (Å²) in [6.45, 7) is 0. The van der Waals surface area contributed by atoms with Crippen LogP contribution in [0.5, 0.6) is 5.75 Å². The number of benzene rings is 1. The highest BCUT2D eigenvalue weighted by Gasteiger charge is 2.04. The molecule has 0 N–H and O–H groups in total. The van der Waals surface area contributed by atoms with Crippen LogP contribution in [-0.2, 0) is 7.05 Å². The highest BCUT2D eigenvalue weighted by atomic mass is 79.9. The number of aryl methyl sites for hydroxylation is 1. The summed E-state index contributed by atoms with van der Waals surface area (Å²) >= 11 is 3.41. The minimum atomic E-state index is -0.0694. The molecule has 2 aromatic rings. The van der Waals surface area contributed by atoms with Gasteiger partial charge in [0.1, 0.15) is 5.75 Å². The van der Waals surface area contributed by atoms with Crippen molar-refractivity contribution in [1.82, 2.24) is 9.78 Å². The van der Waals surface area contributed by atoms with Crippen molar-refractivity contribution in [2.75, 3.05) is 7.11 Å². The summed E-state index contributed by atoms with van der Waals surface area (Å²) in [5.74, 6) is 0.691. The van der Waals surface area contributed by atoms with Crippen LogP contribution in [0.2, 0.25) is 0 Å². The Balaban J connectivity index is 2.14. The molecule has 1 heterocycles. The van der Waals surface area contributed by atoms with Gasteiger partial charge in [-0.2, -0.15) is 5.10 Å². The molecular weight excluding hydrogens is 308 g/mol. The minimum absolute atomic E-state index is 0.0694. The number of hydrogen-bond donors (Lipinski definition) is 0. The van der Waals surface area contributed by atoms with E-state index in [0.717, 1.165) is 15.8 Å². The first-order valence-electron chi connectivity index (χ1n) is 5.65. The second kappa shape index (κ2) is 5.84. The average Bonchev–Trinajstić information content (AvgIpc) is 2.83. The summed E-state index contributed by atoms with van der Waals surface area (Å²) in [5, 5.41) is 3.97. The molecule has 0 fully saturated rings. The molecule has 0 saturated heterocycles. The van der Waals surface area contributed by atoms with E-state index in [1.807, 2.05) is 18.2 Å². The SMILES string of the molecule is COc1ccc(/C=C/C(=O)c2cnn(C)c2)cc1Br. The number of halogens is 1. The molecule has 2 rings (SSSR count). The number of aromatic nitrogens is 2. The van der Waals surface area contributed by atoms with Gasteiger partial charge in [-0.15, -0.1) is 0 Å². The van der Waals surface area contributed by atoms with Crippen molar-refractivity contribution >= 4 is 27.8 Å². The van der Waals surface area contributed by atoms with Gasteiger partial charge in [0.15, 0.2) is 5.78 Å². The van der Waals surface area contributed by atoms with E-state index in [9.17, 15) is 4.79 Å². The third-order valence-corrected chi connectivity index (χ3v) is 3.21. The lowest BCUT2D eigenvalue weighted by Gasteiger charge is -2.03. The molecule has 98 valence electrons. The number of ether oxygens (including phenoxy) is 1. The minimum Gasteiger partial charge on any atom is -0.496 e. The fourth-order valence-corrected chi connectivity index (χ4v) is 2.16. The summed E-state index contributed by atoms with van der Waals surface area (Å²) in [6.07, 6.45) is 6.54. The van der Waals surface area contributed by atoms with E-state index in [4.69, 9.17) is 4.74 Å². The van der Waals surface area contributed by atoms with Crippen molar-refractivity contribution in [2.24, 2.45) is 7.05 Å². The van der Waals surface area contributed by atoms with Crippen molar-refractivity contribution in [3.63, 3.8) is 0 Å². The maximum Gasteiger partial charge on any atom is 0.189 e. The summed E-state index contributed by atoms with van der Waals surface area (Å²) in [6, 6.07) is 5.63. The van der Waals surface area contributed by atoms with Crippen molar-refractivity contribution < 1.29 is 9.53 Å². The van der Waals surface area contributed by atoms with Crippen LogP contribution in [0, 0.1) is 0 Å². The van der Waals surface area contributed by atoms with Gasteiger partial charge in [-0.25, -0.2) is 0 Å². The number of hydrogen-bond acceptors (Lipinski definition) is 3. The molecular formula is C14H13BrN2O2. The van der Waals surface area contributed by atoms with E-state index in [0.29, 0.717) is 5.56 Å². The maximum absolute atomic E-state index is 11.9. The number of allylic oxidation sites excluding steroid dienone is 1. The van der Waals surface area contributed by atoms with Crippen LogP contribution >= 0.6 is 15.9 Å². The Morgan fingerprint density at radius 2 is 2.26 bits per heavy atom. The molecule has 0 saturated carbocycles. The second-order valence-electron chi connectivity index (χ2n) is 3.99. The fourth-order valence-electron chi connectivity index (χ4n) is 1.60. The third-order valence-electron chi connectivity index (χ3n) is 2.59. The van der Waals surface area contributed by atoms with Crippen LogP contribution in [0.1, 0.15) is 15.9 Å². The predicted molar refractivity (Wildman–Crippen MR) is 77.3 cm³/mol. The van der Waals surface area contributed by atoms with E-state index >= 15 is 0 Å². The summed E-state index contributed by atoms with van der Waals surface area (Å²) in [4.78, 5) is 11.9. The molecule has 1 aromatic heterocycles. The normalized spacial score (nSPS) is 10.9. The molecule has 0 aliphatic carbocycles. The number of nitrogens with zero attached hydrogens (tertiary/aromatic N) is 2. The molecule has 0 bridgehead atoms. The van der Waals surface area contributed by atoms with Crippen LogP contribution in [0.15, 0.2) is 41.1 Å². The Labute approximate surface area is 119 Å². The van der Waals surface area contributed by atoms with E-state index < -0.39 is 0 Å². The van der Waals surface area contributed by atoms with Crippen LogP contribution in [0.25, 0.3) is 6.08 Å². The zero-order valence-electron chi connectivity index (χ0n) is 10.6. The van der Waals surface area contributed by atoms with Gasteiger partial charge in [-0.05, 0) is 39.7 Å². The van der Waals surface area contributed by atoms with Gasteiger partial charge in [-0.1, -0.05) is 12.1 Å². The molecule has 0 aliphatic rings. The lowest BCUT2D eigenvalue weighted by molar-refractivity contribution is 0.104. The highest BCUT2D eigenvalue weighted by molar-refractivity contribution is 9.10. The van der Waals surface area contributed by atoms with Crippen molar-refractivity contribution in [2.45, 2.75) is 0 Å². The van der Waals surface area contributed by atoms with Crippen LogP contribution in [-0.4, -0.2) is 22.7 Å². The standard InChI is InChI=1S/C14H13BrN2O2/c1-17-9-11(8-16-17)13(18)5-3-10-4-6-14(19-2)12(15)7-10/h3-9H,1-2H3/b5-3+. The van der Waals surface area contributed by atoms with E-state index in [2.05, 4.69) is 21.0 Å². The van der Waals surface area contributed by atoms with Crippen LogP contribution < -0.4 is 4.74 Å². The third kappa shape index (κ3) is 3.32. The smallest absolute Gasteiger partial charge is 0.189 e. The number of carbonyl (C=O) groups excluding carboxylic acids is 1. The van der Waals surface area contributed by atoms with Gasteiger partial charge in [-0.3, -0.25) is 9.48 Å².